The van der Waals surface area contributed by atoms with Crippen LogP contribution in [-0.4, -0.2) is 24.2 Å². The summed E-state index contributed by atoms with van der Waals surface area (Å²) in [6.07, 6.45) is 0. The zero-order valence-electron chi connectivity index (χ0n) is 8.78. The second-order valence-electron chi connectivity index (χ2n) is 2.96. The Balaban J connectivity index is 3.28. The van der Waals surface area contributed by atoms with Gasteiger partial charge in [-0.05, 0) is 12.1 Å². The van der Waals surface area contributed by atoms with Crippen molar-refractivity contribution in [2.24, 2.45) is 0 Å². The minimum absolute atomic E-state index is 0.0432. The number of methoxy groups -OCH3 is 1. The van der Waals surface area contributed by atoms with Gasteiger partial charge in [0.05, 0.1) is 23.9 Å². The van der Waals surface area contributed by atoms with Gasteiger partial charge in [-0.15, -0.1) is 0 Å². The number of hydrogen-bond acceptors (Lipinski definition) is 4. The van der Waals surface area contributed by atoms with Crippen LogP contribution in [0.2, 0.25) is 5.02 Å². The van der Waals surface area contributed by atoms with E-state index in [2.05, 4.69) is 16.6 Å². The highest BCUT2D eigenvalue weighted by Gasteiger charge is 2.12. The first-order chi connectivity index (χ1) is 7.95. The smallest absolute Gasteiger partial charge is 0.384 e. The van der Waals surface area contributed by atoms with Gasteiger partial charge in [0, 0.05) is 10.9 Å². The summed E-state index contributed by atoms with van der Waals surface area (Å²) in [5.74, 6) is 2.58. The molecule has 0 saturated heterocycles. The predicted molar refractivity (Wildman–Crippen MR) is 61.7 cm³/mol. The van der Waals surface area contributed by atoms with Crippen LogP contribution >= 0.6 is 11.6 Å². The number of carbonyl (C=O) groups excluding carboxylic acids is 1. The van der Waals surface area contributed by atoms with Crippen LogP contribution in [0.25, 0.3) is 0 Å². The summed E-state index contributed by atoms with van der Waals surface area (Å²) in [4.78, 5) is 21.7. The number of rotatable bonds is 1. The van der Waals surface area contributed by atoms with E-state index in [-0.39, 0.29) is 21.8 Å². The summed E-state index contributed by atoms with van der Waals surface area (Å²) < 4.78 is 4.32. The average Bonchev–Trinajstić information content (AvgIpc) is 2.28. The SMILES string of the molecule is COC(=O)C#Cc1cc(Cl)cc(C(=O)O)c1N. The molecule has 1 rings (SSSR count). The molecule has 17 heavy (non-hydrogen) atoms. The number of hydrogen-bond donors (Lipinski definition) is 2. The number of benzene rings is 1. The number of ether oxygens (including phenoxy) is 1. The quantitative estimate of drug-likeness (QED) is 0.445. The third-order valence-electron chi connectivity index (χ3n) is 1.86. The molecule has 0 bridgehead atoms. The molecule has 0 radical (unpaired) electrons. The fourth-order valence-electron chi connectivity index (χ4n) is 1.07. The Morgan fingerprint density at radius 2 is 2.12 bits per heavy atom. The zero-order valence-corrected chi connectivity index (χ0v) is 9.54. The van der Waals surface area contributed by atoms with E-state index in [9.17, 15) is 9.59 Å². The van der Waals surface area contributed by atoms with Crippen molar-refractivity contribution in [2.75, 3.05) is 12.8 Å². The zero-order chi connectivity index (χ0) is 13.0. The van der Waals surface area contributed by atoms with Crippen LogP contribution in [0.5, 0.6) is 0 Å². The highest BCUT2D eigenvalue weighted by Crippen LogP contribution is 2.22. The summed E-state index contributed by atoms with van der Waals surface area (Å²) in [6.45, 7) is 0. The largest absolute Gasteiger partial charge is 0.478 e. The Morgan fingerprint density at radius 3 is 2.65 bits per heavy atom. The molecule has 0 heterocycles. The molecule has 1 aromatic rings. The van der Waals surface area contributed by atoms with Gasteiger partial charge in [0.2, 0.25) is 0 Å². The van der Waals surface area contributed by atoms with E-state index in [0.29, 0.717) is 0 Å². The maximum absolute atomic E-state index is 10.8. The van der Waals surface area contributed by atoms with E-state index < -0.39 is 11.9 Å². The highest BCUT2D eigenvalue weighted by molar-refractivity contribution is 6.31. The second kappa shape index (κ2) is 5.23. The van der Waals surface area contributed by atoms with Crippen LogP contribution in [0, 0.1) is 11.8 Å². The van der Waals surface area contributed by atoms with Gasteiger partial charge in [0.1, 0.15) is 0 Å². The van der Waals surface area contributed by atoms with Crippen molar-refractivity contribution in [2.45, 2.75) is 0 Å². The van der Waals surface area contributed by atoms with Gasteiger partial charge in [-0.2, -0.15) is 0 Å². The Bertz CT molecular complexity index is 542. The van der Waals surface area contributed by atoms with E-state index >= 15 is 0 Å². The Morgan fingerprint density at radius 1 is 1.47 bits per heavy atom. The maximum Gasteiger partial charge on any atom is 0.384 e. The number of anilines is 1. The lowest BCUT2D eigenvalue weighted by Crippen LogP contribution is -2.04. The van der Waals surface area contributed by atoms with Crippen LogP contribution in [0.15, 0.2) is 12.1 Å². The summed E-state index contributed by atoms with van der Waals surface area (Å²) in [6, 6.07) is 2.59. The molecule has 0 atom stereocenters. The lowest BCUT2D eigenvalue weighted by molar-refractivity contribution is -0.133. The fraction of sp³-hybridized carbons (Fsp3) is 0.0909. The number of aromatic carboxylic acids is 1. The molecule has 0 aliphatic rings. The van der Waals surface area contributed by atoms with Gasteiger partial charge in [-0.3, -0.25) is 0 Å². The predicted octanol–water partition coefficient (Wildman–Crippen LogP) is 1.14. The number of esters is 1. The number of carboxylic acids is 1. The van der Waals surface area contributed by atoms with Crippen LogP contribution in [0.3, 0.4) is 0 Å². The number of carboxylic acid groups (broad SMARTS) is 1. The third-order valence-corrected chi connectivity index (χ3v) is 2.08. The molecule has 0 amide bonds. The Labute approximate surface area is 102 Å². The minimum atomic E-state index is -1.22. The molecular formula is C11H8ClNO4. The van der Waals surface area contributed by atoms with Gasteiger partial charge in [-0.25, -0.2) is 9.59 Å². The Hall–Kier alpha value is -2.19. The van der Waals surface area contributed by atoms with Gasteiger partial charge in [0.25, 0.3) is 0 Å². The molecule has 0 saturated carbocycles. The number of nitrogen functional groups attached to an aromatic ring is 1. The molecule has 3 N–H and O–H groups in total. The molecular weight excluding hydrogens is 246 g/mol. The maximum atomic E-state index is 10.8. The molecule has 6 heteroatoms. The van der Waals surface area contributed by atoms with Crippen LogP contribution in [0.4, 0.5) is 5.69 Å². The molecule has 0 spiro atoms. The molecule has 0 aromatic heterocycles. The van der Waals surface area contributed by atoms with Crippen LogP contribution in [-0.2, 0) is 9.53 Å². The molecule has 1 aromatic carbocycles. The lowest BCUT2D eigenvalue weighted by Gasteiger charge is -2.04. The van der Waals surface area contributed by atoms with Crippen molar-refractivity contribution in [1.29, 1.82) is 0 Å². The molecule has 0 fully saturated rings. The first-order valence-electron chi connectivity index (χ1n) is 4.38. The summed E-state index contributed by atoms with van der Waals surface area (Å²) >= 11 is 5.71. The van der Waals surface area contributed by atoms with Crippen molar-refractivity contribution in [1.82, 2.24) is 0 Å². The van der Waals surface area contributed by atoms with Crippen molar-refractivity contribution in [3.8, 4) is 11.8 Å². The monoisotopic (exact) mass is 253 g/mol. The standard InChI is InChI=1S/C11H8ClNO4/c1-17-9(14)3-2-6-4-7(12)5-8(10(6)13)11(15)16/h4-5H,13H2,1H3,(H,15,16). The van der Waals surface area contributed by atoms with Gasteiger partial charge < -0.3 is 15.6 Å². The fourth-order valence-corrected chi connectivity index (χ4v) is 1.29. The Kier molecular flexibility index (Phi) is 3.96. The first kappa shape index (κ1) is 12.9. The average molecular weight is 254 g/mol. The molecule has 0 aliphatic heterocycles. The van der Waals surface area contributed by atoms with Crippen LogP contribution < -0.4 is 5.73 Å². The van der Waals surface area contributed by atoms with E-state index in [1.807, 2.05) is 0 Å². The topological polar surface area (TPSA) is 89.6 Å². The van der Waals surface area contributed by atoms with Crippen molar-refractivity contribution in [3.63, 3.8) is 0 Å². The van der Waals surface area contributed by atoms with E-state index in [1.54, 1.807) is 0 Å². The lowest BCUT2D eigenvalue weighted by atomic mass is 10.1. The second-order valence-corrected chi connectivity index (χ2v) is 3.40. The number of nitrogens with two attached hydrogens (primary N) is 1. The van der Waals surface area contributed by atoms with Crippen LogP contribution in [0.1, 0.15) is 15.9 Å². The summed E-state index contributed by atoms with van der Waals surface area (Å²) in [5, 5.41) is 9.03. The van der Waals surface area contributed by atoms with E-state index in [4.69, 9.17) is 22.4 Å². The third kappa shape index (κ3) is 3.13. The normalized spacial score (nSPS) is 9.06. The molecule has 88 valence electrons. The van der Waals surface area contributed by atoms with Gasteiger partial charge in [0.15, 0.2) is 0 Å². The summed E-state index contributed by atoms with van der Waals surface area (Å²) in [7, 11) is 1.18. The first-order valence-corrected chi connectivity index (χ1v) is 4.75. The van der Waals surface area contributed by atoms with Crippen molar-refractivity contribution in [3.05, 3.63) is 28.3 Å². The molecule has 5 nitrogen and oxygen atoms in total. The number of carbonyl (C=O) groups is 2. The highest BCUT2D eigenvalue weighted by atomic mass is 35.5. The summed E-state index contributed by atoms with van der Waals surface area (Å²) in [5.41, 5.74) is 5.55. The van der Waals surface area contributed by atoms with Gasteiger partial charge >= 0.3 is 11.9 Å². The molecule has 0 unspecified atom stereocenters. The van der Waals surface area contributed by atoms with E-state index in [0.717, 1.165) is 0 Å². The van der Waals surface area contributed by atoms with Gasteiger partial charge in [-0.1, -0.05) is 17.5 Å². The van der Waals surface area contributed by atoms with E-state index in [1.165, 1.54) is 19.2 Å². The minimum Gasteiger partial charge on any atom is -0.478 e. The van der Waals surface area contributed by atoms with Crippen molar-refractivity contribution >= 4 is 29.2 Å². The number of halogens is 1. The molecule has 0 aliphatic carbocycles. The van der Waals surface area contributed by atoms with Crippen molar-refractivity contribution < 1.29 is 19.4 Å².